The van der Waals surface area contributed by atoms with E-state index in [-0.39, 0.29) is 21.9 Å². The first kappa shape index (κ1) is 22.3. The number of ether oxygens (including phenoxy) is 3. The van der Waals surface area contributed by atoms with Crippen LogP contribution in [-0.4, -0.2) is 37.5 Å². The molecule has 0 radical (unpaired) electrons. The van der Waals surface area contributed by atoms with Crippen molar-refractivity contribution in [2.24, 2.45) is 5.92 Å². The van der Waals surface area contributed by atoms with E-state index in [1.807, 2.05) is 37.3 Å². The number of fused-ring (bicyclic) bond motifs is 1. The molecule has 0 unspecified atom stereocenters. The Hall–Kier alpha value is -2.91. The summed E-state index contributed by atoms with van der Waals surface area (Å²) in [5.41, 5.74) is 1.58. The van der Waals surface area contributed by atoms with Crippen LogP contribution >= 0.6 is 23.1 Å². The fraction of sp³-hybridized carbons (Fsp3) is 0.304. The van der Waals surface area contributed by atoms with E-state index in [1.54, 1.807) is 33.5 Å². The Morgan fingerprint density at radius 3 is 2.38 bits per heavy atom. The van der Waals surface area contributed by atoms with Crippen molar-refractivity contribution in [3.05, 3.63) is 62.6 Å². The number of hydrogen-bond acceptors (Lipinski definition) is 7. The molecule has 4 rings (SSSR count). The van der Waals surface area contributed by atoms with Gasteiger partial charge in [-0.05, 0) is 42.0 Å². The van der Waals surface area contributed by atoms with Crippen LogP contribution in [0.4, 0.5) is 5.69 Å². The fourth-order valence-corrected chi connectivity index (χ4v) is 6.42. The van der Waals surface area contributed by atoms with Gasteiger partial charge in [-0.25, -0.2) is 0 Å². The molecule has 1 amide bonds. The molecular weight excluding hydrogens is 448 g/mol. The molecule has 0 aliphatic carbocycles. The number of anilines is 1. The molecule has 0 fully saturated rings. The molecule has 0 saturated heterocycles. The van der Waals surface area contributed by atoms with Gasteiger partial charge < -0.3 is 24.5 Å². The number of rotatable bonds is 6. The Labute approximate surface area is 194 Å². The predicted molar refractivity (Wildman–Crippen MR) is 127 cm³/mol. The van der Waals surface area contributed by atoms with Crippen molar-refractivity contribution in [1.82, 2.24) is 4.98 Å². The number of methoxy groups -OCH3 is 3. The number of carbonyl (C=O) groups excluding carboxylic acids is 1. The van der Waals surface area contributed by atoms with Gasteiger partial charge in [-0.1, -0.05) is 24.3 Å². The topological polar surface area (TPSA) is 89.7 Å². The number of benzene rings is 2. The molecule has 1 aliphatic heterocycles. The minimum atomic E-state index is -0.404. The van der Waals surface area contributed by atoms with Crippen LogP contribution in [0.15, 0.2) is 52.3 Å². The van der Waals surface area contributed by atoms with Crippen molar-refractivity contribution in [3.63, 3.8) is 0 Å². The van der Waals surface area contributed by atoms with E-state index in [9.17, 15) is 9.59 Å². The maximum absolute atomic E-state index is 13.5. The number of aromatic amines is 1. The molecule has 168 valence electrons. The van der Waals surface area contributed by atoms with Gasteiger partial charge in [-0.15, -0.1) is 11.8 Å². The largest absolute Gasteiger partial charge is 0.497 e. The lowest BCUT2D eigenvalue weighted by molar-refractivity contribution is -0.120. The third-order valence-corrected chi connectivity index (χ3v) is 7.84. The van der Waals surface area contributed by atoms with Gasteiger partial charge in [0.2, 0.25) is 5.91 Å². The molecule has 0 saturated carbocycles. The molecular formula is C23H24N2O5S2. The third kappa shape index (κ3) is 4.22. The zero-order valence-corrected chi connectivity index (χ0v) is 19.8. The first-order valence-electron chi connectivity index (χ1n) is 10.0. The summed E-state index contributed by atoms with van der Waals surface area (Å²) in [4.78, 5) is 29.4. The molecule has 2 heterocycles. The van der Waals surface area contributed by atoms with Crippen molar-refractivity contribution in [2.45, 2.75) is 23.1 Å². The standard InChI is InChI=1S/C23H24N2O5S2/c1-12-18(21(26)24-14-6-8-15(28-2)9-7-14)19(20-22(31-12)25-23(27)32-20)13-5-10-16(29-3)17(11-13)30-4/h5-12,18-19H,1-4H3,(H,24,26)(H,25,27)/t12-,18+,19+/m0/s1. The minimum absolute atomic E-state index is 0.0657. The monoisotopic (exact) mass is 472 g/mol. The molecule has 2 aromatic carbocycles. The van der Waals surface area contributed by atoms with Crippen molar-refractivity contribution < 1.29 is 19.0 Å². The van der Waals surface area contributed by atoms with Gasteiger partial charge in [-0.2, -0.15) is 0 Å². The van der Waals surface area contributed by atoms with Crippen LogP contribution < -0.4 is 24.4 Å². The number of H-pyrrole nitrogens is 1. The van der Waals surface area contributed by atoms with E-state index in [1.165, 1.54) is 11.8 Å². The highest BCUT2D eigenvalue weighted by molar-refractivity contribution is 8.00. The van der Waals surface area contributed by atoms with E-state index in [2.05, 4.69) is 10.3 Å². The Morgan fingerprint density at radius 1 is 1.00 bits per heavy atom. The summed E-state index contributed by atoms with van der Waals surface area (Å²) in [6.07, 6.45) is 0. The first-order valence-corrected chi connectivity index (χ1v) is 11.7. The summed E-state index contributed by atoms with van der Waals surface area (Å²) in [5.74, 6) is 1.09. The molecule has 0 bridgehead atoms. The number of thiazole rings is 1. The molecule has 1 aliphatic rings. The number of thioether (sulfide) groups is 1. The Balaban J connectivity index is 1.75. The van der Waals surface area contributed by atoms with E-state index < -0.39 is 5.92 Å². The van der Waals surface area contributed by atoms with Gasteiger partial charge in [-0.3, -0.25) is 9.59 Å². The number of carbonyl (C=O) groups is 1. The van der Waals surface area contributed by atoms with Gasteiger partial charge in [0.05, 0.1) is 32.3 Å². The third-order valence-electron chi connectivity index (χ3n) is 5.52. The maximum Gasteiger partial charge on any atom is 0.305 e. The number of hydrogen-bond donors (Lipinski definition) is 2. The second-order valence-electron chi connectivity index (χ2n) is 7.37. The number of nitrogens with one attached hydrogen (secondary N) is 2. The van der Waals surface area contributed by atoms with E-state index in [0.29, 0.717) is 17.2 Å². The predicted octanol–water partition coefficient (Wildman–Crippen LogP) is 4.34. The normalized spacial score (nSPS) is 19.7. The lowest BCUT2D eigenvalue weighted by Gasteiger charge is -2.35. The maximum atomic E-state index is 13.5. The van der Waals surface area contributed by atoms with Crippen molar-refractivity contribution in [3.8, 4) is 17.2 Å². The Bertz CT molecular complexity index is 1170. The zero-order valence-electron chi connectivity index (χ0n) is 18.1. The van der Waals surface area contributed by atoms with Gasteiger partial charge >= 0.3 is 4.87 Å². The van der Waals surface area contributed by atoms with Crippen LogP contribution in [0.5, 0.6) is 17.2 Å². The quantitative estimate of drug-likeness (QED) is 0.555. The Kier molecular flexibility index (Phi) is 6.48. The van der Waals surface area contributed by atoms with E-state index >= 15 is 0 Å². The summed E-state index contributed by atoms with van der Waals surface area (Å²) in [6.45, 7) is 2.01. The second kappa shape index (κ2) is 9.30. The SMILES string of the molecule is COc1ccc(NC(=O)[C@H]2[C@@H](c3ccc(OC)c(OC)c3)c3sc(=O)[nH]c3S[C@H]2C)cc1. The van der Waals surface area contributed by atoms with E-state index in [4.69, 9.17) is 14.2 Å². The van der Waals surface area contributed by atoms with Crippen LogP contribution in [0.25, 0.3) is 0 Å². The summed E-state index contributed by atoms with van der Waals surface area (Å²) >= 11 is 2.67. The summed E-state index contributed by atoms with van der Waals surface area (Å²) in [5, 5.41) is 3.79. The number of aromatic nitrogens is 1. The lowest BCUT2D eigenvalue weighted by Crippen LogP contribution is -2.37. The molecule has 3 atom stereocenters. The van der Waals surface area contributed by atoms with Gasteiger partial charge in [0, 0.05) is 21.7 Å². The minimum Gasteiger partial charge on any atom is -0.497 e. The van der Waals surface area contributed by atoms with Crippen LogP contribution in [0.1, 0.15) is 23.3 Å². The number of amides is 1. The van der Waals surface area contributed by atoms with E-state index in [0.717, 1.165) is 32.6 Å². The van der Waals surface area contributed by atoms with Crippen LogP contribution in [0, 0.1) is 5.92 Å². The highest BCUT2D eigenvalue weighted by atomic mass is 32.2. The molecule has 9 heteroatoms. The van der Waals surface area contributed by atoms with Crippen LogP contribution in [-0.2, 0) is 4.79 Å². The van der Waals surface area contributed by atoms with Gasteiger partial charge in [0.1, 0.15) is 5.75 Å². The fourth-order valence-electron chi connectivity index (χ4n) is 3.98. The highest BCUT2D eigenvalue weighted by Crippen LogP contribution is 2.50. The van der Waals surface area contributed by atoms with Crippen molar-refractivity contribution in [1.29, 1.82) is 0 Å². The Morgan fingerprint density at radius 2 is 1.72 bits per heavy atom. The summed E-state index contributed by atoms with van der Waals surface area (Å²) < 4.78 is 16.1. The molecule has 3 aromatic rings. The average Bonchev–Trinajstić information content (AvgIpc) is 3.17. The smallest absolute Gasteiger partial charge is 0.305 e. The van der Waals surface area contributed by atoms with Crippen molar-refractivity contribution in [2.75, 3.05) is 26.6 Å². The average molecular weight is 473 g/mol. The summed E-state index contributed by atoms with van der Waals surface area (Å²) in [6, 6.07) is 12.9. The zero-order chi connectivity index (χ0) is 22.8. The summed E-state index contributed by atoms with van der Waals surface area (Å²) in [7, 11) is 4.76. The van der Waals surface area contributed by atoms with Crippen LogP contribution in [0.2, 0.25) is 0 Å². The van der Waals surface area contributed by atoms with Gasteiger partial charge in [0.25, 0.3) is 0 Å². The molecule has 7 nitrogen and oxygen atoms in total. The highest BCUT2D eigenvalue weighted by Gasteiger charge is 2.42. The molecule has 32 heavy (non-hydrogen) atoms. The van der Waals surface area contributed by atoms with Crippen LogP contribution in [0.3, 0.4) is 0 Å². The van der Waals surface area contributed by atoms with Crippen molar-refractivity contribution >= 4 is 34.7 Å². The molecule has 0 spiro atoms. The van der Waals surface area contributed by atoms with Gasteiger partial charge in [0.15, 0.2) is 11.5 Å². The second-order valence-corrected chi connectivity index (χ2v) is 9.77. The molecule has 2 N–H and O–H groups in total. The first-order chi connectivity index (χ1) is 15.4. The lowest BCUT2D eigenvalue weighted by atomic mass is 9.81. The molecule has 1 aromatic heterocycles.